The molecule has 76 valence electrons. The number of nitrogens with zero attached hydrogens (tertiary/aromatic N) is 2. The first-order valence-corrected chi connectivity index (χ1v) is 4.91. The highest BCUT2D eigenvalue weighted by Gasteiger charge is 2.23. The number of nitriles is 1. The predicted molar refractivity (Wildman–Crippen MR) is 59.5 cm³/mol. The van der Waals surface area contributed by atoms with Gasteiger partial charge in [0.1, 0.15) is 5.82 Å². The van der Waals surface area contributed by atoms with Crippen LogP contribution in [-0.2, 0) is 5.41 Å². The summed E-state index contributed by atoms with van der Waals surface area (Å²) in [5.74, 6) is 0.881. The van der Waals surface area contributed by atoms with E-state index in [9.17, 15) is 0 Å². The lowest BCUT2D eigenvalue weighted by atomic mass is 9.85. The van der Waals surface area contributed by atoms with Crippen molar-refractivity contribution in [3.63, 3.8) is 0 Å². The summed E-state index contributed by atoms with van der Waals surface area (Å²) < 4.78 is 0. The van der Waals surface area contributed by atoms with E-state index < -0.39 is 5.41 Å². The predicted octanol–water partition coefficient (Wildman–Crippen LogP) is 2.67. The number of para-hydroxylation sites is 1. The molecule has 0 atom stereocenters. The summed E-state index contributed by atoms with van der Waals surface area (Å²) in [6.45, 7) is 5.74. The number of aromatic nitrogens is 2. The molecule has 0 aliphatic rings. The number of H-pyrrole nitrogens is 1. The van der Waals surface area contributed by atoms with Gasteiger partial charge in [0.15, 0.2) is 0 Å². The Labute approximate surface area is 88.8 Å². The largest absolute Gasteiger partial charge is 0.342 e. The zero-order chi connectivity index (χ0) is 11.1. The van der Waals surface area contributed by atoms with Crippen LogP contribution in [0.3, 0.4) is 0 Å². The Balaban J connectivity index is 2.77. The first-order valence-electron chi connectivity index (χ1n) is 4.91. The summed E-state index contributed by atoms with van der Waals surface area (Å²) in [7, 11) is 0. The Morgan fingerprint density at radius 2 is 2.13 bits per heavy atom. The molecule has 0 fully saturated rings. The zero-order valence-corrected chi connectivity index (χ0v) is 9.13. The fraction of sp³-hybridized carbons (Fsp3) is 0.333. The van der Waals surface area contributed by atoms with Gasteiger partial charge in [0, 0.05) is 0 Å². The summed E-state index contributed by atoms with van der Waals surface area (Å²) in [6.07, 6.45) is 0. The van der Waals surface area contributed by atoms with E-state index in [-0.39, 0.29) is 0 Å². The van der Waals surface area contributed by atoms with Crippen LogP contribution in [-0.4, -0.2) is 9.97 Å². The van der Waals surface area contributed by atoms with Gasteiger partial charge in [-0.3, -0.25) is 0 Å². The first-order chi connectivity index (χ1) is 7.04. The maximum absolute atomic E-state index is 9.13. The maximum Gasteiger partial charge on any atom is 0.104 e. The minimum Gasteiger partial charge on any atom is -0.342 e. The highest BCUT2D eigenvalue weighted by molar-refractivity contribution is 5.80. The first kappa shape index (κ1) is 9.72. The van der Waals surface area contributed by atoms with Crippen LogP contribution in [0.15, 0.2) is 18.2 Å². The molecule has 0 radical (unpaired) electrons. The van der Waals surface area contributed by atoms with Gasteiger partial charge in [0.2, 0.25) is 0 Å². The molecule has 15 heavy (non-hydrogen) atoms. The van der Waals surface area contributed by atoms with E-state index in [1.807, 2.05) is 39.0 Å². The van der Waals surface area contributed by atoms with E-state index >= 15 is 0 Å². The van der Waals surface area contributed by atoms with Crippen molar-refractivity contribution in [2.45, 2.75) is 26.2 Å². The summed E-state index contributed by atoms with van der Waals surface area (Å²) in [5, 5.41) is 9.13. The van der Waals surface area contributed by atoms with Crippen LogP contribution in [0.2, 0.25) is 0 Å². The molecule has 0 amide bonds. The molecule has 3 nitrogen and oxygen atoms in total. The van der Waals surface area contributed by atoms with Crippen molar-refractivity contribution in [1.29, 1.82) is 5.26 Å². The number of fused-ring (bicyclic) bond motifs is 1. The minimum absolute atomic E-state index is 0.499. The lowest BCUT2D eigenvalue weighted by Crippen LogP contribution is -2.14. The Bertz CT molecular complexity index is 543. The molecule has 3 heteroatoms. The molecule has 0 spiro atoms. The van der Waals surface area contributed by atoms with Crippen LogP contribution in [0.25, 0.3) is 11.0 Å². The molecule has 1 aromatic carbocycles. The maximum atomic E-state index is 9.13. The SMILES string of the molecule is Cc1nc2c(C(C)(C)C#N)cccc2[nH]1. The molecule has 0 saturated carbocycles. The number of benzene rings is 1. The molecule has 1 N–H and O–H groups in total. The van der Waals surface area contributed by atoms with Crippen LogP contribution in [0.1, 0.15) is 25.2 Å². The van der Waals surface area contributed by atoms with Crippen molar-refractivity contribution in [2.24, 2.45) is 0 Å². The summed E-state index contributed by atoms with van der Waals surface area (Å²) in [6, 6.07) is 8.20. The lowest BCUT2D eigenvalue weighted by Gasteiger charge is -2.15. The van der Waals surface area contributed by atoms with Gasteiger partial charge in [-0.05, 0) is 32.4 Å². The number of hydrogen-bond donors (Lipinski definition) is 1. The fourth-order valence-electron chi connectivity index (χ4n) is 1.72. The van der Waals surface area contributed by atoms with E-state index in [4.69, 9.17) is 5.26 Å². The Hall–Kier alpha value is -1.82. The van der Waals surface area contributed by atoms with Crippen LogP contribution < -0.4 is 0 Å². The molecule has 2 rings (SSSR count). The molecule has 0 unspecified atom stereocenters. The standard InChI is InChI=1S/C12H13N3/c1-8-14-10-6-4-5-9(11(10)15-8)12(2,3)7-13/h4-6H,1-3H3,(H,14,15). The number of hydrogen-bond acceptors (Lipinski definition) is 2. The molecular formula is C12H13N3. The number of rotatable bonds is 1. The summed E-state index contributed by atoms with van der Waals surface area (Å²) >= 11 is 0. The van der Waals surface area contributed by atoms with Gasteiger partial charge in [0.25, 0.3) is 0 Å². The van der Waals surface area contributed by atoms with Gasteiger partial charge < -0.3 is 4.98 Å². The third-order valence-corrected chi connectivity index (χ3v) is 2.58. The Morgan fingerprint density at radius 3 is 2.80 bits per heavy atom. The van der Waals surface area contributed by atoms with Crippen molar-refractivity contribution in [3.8, 4) is 6.07 Å². The topological polar surface area (TPSA) is 52.5 Å². The van der Waals surface area contributed by atoms with Gasteiger partial charge in [0.05, 0.1) is 22.5 Å². The van der Waals surface area contributed by atoms with Gasteiger partial charge in [-0.25, -0.2) is 4.98 Å². The van der Waals surface area contributed by atoms with Crippen LogP contribution in [0.4, 0.5) is 0 Å². The molecule has 2 aromatic rings. The van der Waals surface area contributed by atoms with Gasteiger partial charge in [-0.15, -0.1) is 0 Å². The van der Waals surface area contributed by atoms with Crippen molar-refractivity contribution >= 4 is 11.0 Å². The highest BCUT2D eigenvalue weighted by Crippen LogP contribution is 2.28. The second-order valence-electron chi connectivity index (χ2n) is 4.26. The Kier molecular flexibility index (Phi) is 2.01. The summed E-state index contributed by atoms with van der Waals surface area (Å²) in [4.78, 5) is 7.60. The van der Waals surface area contributed by atoms with Crippen molar-refractivity contribution in [2.75, 3.05) is 0 Å². The van der Waals surface area contributed by atoms with Crippen LogP contribution in [0, 0.1) is 18.3 Å². The van der Waals surface area contributed by atoms with Crippen LogP contribution in [0.5, 0.6) is 0 Å². The molecule has 1 heterocycles. The summed E-state index contributed by atoms with van der Waals surface area (Å²) in [5.41, 5.74) is 2.38. The van der Waals surface area contributed by atoms with Gasteiger partial charge in [-0.2, -0.15) is 5.26 Å². The van der Waals surface area contributed by atoms with Crippen molar-refractivity contribution in [3.05, 3.63) is 29.6 Å². The van der Waals surface area contributed by atoms with Crippen LogP contribution >= 0.6 is 0 Å². The lowest BCUT2D eigenvalue weighted by molar-refractivity contribution is 0.692. The number of imidazole rings is 1. The molecule has 0 aliphatic heterocycles. The number of aromatic amines is 1. The second kappa shape index (κ2) is 3.09. The smallest absolute Gasteiger partial charge is 0.104 e. The number of aryl methyl sites for hydroxylation is 1. The molecule has 0 bridgehead atoms. The fourth-order valence-corrected chi connectivity index (χ4v) is 1.72. The van der Waals surface area contributed by atoms with Gasteiger partial charge in [-0.1, -0.05) is 12.1 Å². The van der Waals surface area contributed by atoms with E-state index in [0.717, 1.165) is 22.4 Å². The Morgan fingerprint density at radius 1 is 1.40 bits per heavy atom. The molecule has 0 saturated heterocycles. The van der Waals surface area contributed by atoms with Gasteiger partial charge >= 0.3 is 0 Å². The van der Waals surface area contributed by atoms with E-state index in [0.29, 0.717) is 0 Å². The normalized spacial score (nSPS) is 11.6. The monoisotopic (exact) mass is 199 g/mol. The zero-order valence-electron chi connectivity index (χ0n) is 9.13. The van der Waals surface area contributed by atoms with E-state index in [2.05, 4.69) is 16.0 Å². The van der Waals surface area contributed by atoms with E-state index in [1.165, 1.54) is 0 Å². The van der Waals surface area contributed by atoms with Crippen molar-refractivity contribution < 1.29 is 0 Å². The molecule has 1 aromatic heterocycles. The third kappa shape index (κ3) is 1.48. The highest BCUT2D eigenvalue weighted by atomic mass is 14.9. The molecular weight excluding hydrogens is 186 g/mol. The quantitative estimate of drug-likeness (QED) is 0.767. The van der Waals surface area contributed by atoms with E-state index in [1.54, 1.807) is 0 Å². The average Bonchev–Trinajstić information content (AvgIpc) is 2.57. The molecule has 0 aliphatic carbocycles. The third-order valence-electron chi connectivity index (χ3n) is 2.58. The minimum atomic E-state index is -0.499. The van der Waals surface area contributed by atoms with Crippen molar-refractivity contribution in [1.82, 2.24) is 9.97 Å². The average molecular weight is 199 g/mol. The number of nitrogens with one attached hydrogen (secondary N) is 1. The second-order valence-corrected chi connectivity index (χ2v) is 4.26.